The highest BCUT2D eigenvalue weighted by molar-refractivity contribution is 6.22. The molecule has 2 nitrogen and oxygen atoms in total. The minimum absolute atomic E-state index is 1.12. The van der Waals surface area contributed by atoms with Gasteiger partial charge in [0.25, 0.3) is 0 Å². The number of nitrogens with zero attached hydrogens (tertiary/aromatic N) is 2. The van der Waals surface area contributed by atoms with Crippen molar-refractivity contribution in [1.29, 1.82) is 0 Å². The van der Waals surface area contributed by atoms with Gasteiger partial charge >= 0.3 is 0 Å². The number of rotatable bonds is 6. The van der Waals surface area contributed by atoms with Crippen LogP contribution in [0.2, 0.25) is 0 Å². The summed E-state index contributed by atoms with van der Waals surface area (Å²) in [4.78, 5) is 5.23. The first-order valence-corrected chi connectivity index (χ1v) is 21.5. The molecule has 0 saturated carbocycles. The molecule has 2 aliphatic heterocycles. The minimum Gasteiger partial charge on any atom is -0.372 e. The lowest BCUT2D eigenvalue weighted by molar-refractivity contribution is 0.578. The van der Waals surface area contributed by atoms with E-state index in [0.717, 1.165) is 26.2 Å². The monoisotopic (exact) mass is 748 g/mol. The maximum absolute atomic E-state index is 2.61. The Morgan fingerprint density at radius 2 is 0.655 bits per heavy atom. The normalized spacial score (nSPS) is 14.8. The van der Waals surface area contributed by atoms with E-state index in [-0.39, 0.29) is 0 Å². The lowest BCUT2D eigenvalue weighted by Crippen LogP contribution is -2.29. The fourth-order valence-corrected chi connectivity index (χ4v) is 9.97. The van der Waals surface area contributed by atoms with Crippen molar-refractivity contribution in [3.05, 3.63) is 170 Å². The highest BCUT2D eigenvalue weighted by Gasteiger charge is 2.22. The zero-order chi connectivity index (χ0) is 38.4. The molecule has 0 radical (unpaired) electrons. The summed E-state index contributed by atoms with van der Waals surface area (Å²) in [7, 11) is 0. The van der Waals surface area contributed by atoms with E-state index in [1.165, 1.54) is 137 Å². The van der Waals surface area contributed by atoms with E-state index in [1.807, 2.05) is 0 Å². The number of hydrogen-bond acceptors (Lipinski definition) is 2. The smallest absolute Gasteiger partial charge is 0.0372 e. The molecule has 0 aliphatic carbocycles. The summed E-state index contributed by atoms with van der Waals surface area (Å²) in [5.41, 5.74) is 12.8. The molecule has 11 rings (SSSR count). The summed E-state index contributed by atoms with van der Waals surface area (Å²) in [6.45, 7) is 4.47. The lowest BCUT2D eigenvalue weighted by Gasteiger charge is -2.30. The second-order valence-electron chi connectivity index (χ2n) is 16.6. The van der Waals surface area contributed by atoms with E-state index in [1.54, 1.807) is 0 Å². The van der Waals surface area contributed by atoms with Crippen molar-refractivity contribution in [3.8, 4) is 44.5 Å². The highest BCUT2D eigenvalue weighted by atomic mass is 15.1. The second kappa shape index (κ2) is 14.8. The topological polar surface area (TPSA) is 6.48 Å². The molecule has 0 N–H and O–H groups in total. The van der Waals surface area contributed by atoms with Crippen LogP contribution in [0.4, 0.5) is 11.4 Å². The van der Waals surface area contributed by atoms with Crippen molar-refractivity contribution in [3.63, 3.8) is 0 Å². The third kappa shape index (κ3) is 6.38. The summed E-state index contributed by atoms with van der Waals surface area (Å²) >= 11 is 0. The fourth-order valence-electron chi connectivity index (χ4n) is 9.97. The maximum atomic E-state index is 2.61. The van der Waals surface area contributed by atoms with Gasteiger partial charge in [0.05, 0.1) is 0 Å². The number of piperidine rings is 2. The van der Waals surface area contributed by atoms with Crippen molar-refractivity contribution in [2.75, 3.05) is 36.0 Å². The van der Waals surface area contributed by atoms with Gasteiger partial charge in [-0.15, -0.1) is 0 Å². The summed E-state index contributed by atoms with van der Waals surface area (Å²) in [6, 6.07) is 64.5. The molecule has 2 heterocycles. The van der Waals surface area contributed by atoms with Crippen LogP contribution in [0.3, 0.4) is 0 Å². The van der Waals surface area contributed by atoms with Gasteiger partial charge in [0, 0.05) is 37.6 Å². The number of fused-ring (bicyclic) bond motifs is 4. The summed E-state index contributed by atoms with van der Waals surface area (Å²) < 4.78 is 0. The average Bonchev–Trinajstić information content (AvgIpc) is 3.30. The Bertz CT molecular complexity index is 2780. The standard InChI is InChI=1S/C56H48N2/c1-7-29-57(30-8-1)49-25-27-51-53(37-49)55(47-19-11-17-43(35-47)45-23-21-39-13-3-5-15-41(39)33-45)52-28-26-50(58-31-9-2-10-32-58)38-54(52)56(51)48-20-12-18-44(36-48)46-24-22-40-14-4-6-16-42(40)34-46/h3-6,11-28,33-38H,1-2,7-10,29-32H2. The molecule has 58 heavy (non-hydrogen) atoms. The third-order valence-corrected chi connectivity index (χ3v) is 13.0. The van der Waals surface area contributed by atoms with Gasteiger partial charge in [-0.1, -0.05) is 121 Å². The Hall–Kier alpha value is -6.38. The summed E-state index contributed by atoms with van der Waals surface area (Å²) in [5.74, 6) is 0. The van der Waals surface area contributed by atoms with Crippen LogP contribution in [0.5, 0.6) is 0 Å². The van der Waals surface area contributed by atoms with Crippen molar-refractivity contribution >= 4 is 54.5 Å². The molecule has 0 amide bonds. The highest BCUT2D eigenvalue weighted by Crippen LogP contribution is 2.47. The molecular formula is C56H48N2. The average molecular weight is 749 g/mol. The van der Waals surface area contributed by atoms with Crippen molar-refractivity contribution in [2.24, 2.45) is 0 Å². The molecule has 9 aromatic rings. The lowest BCUT2D eigenvalue weighted by atomic mass is 9.84. The predicted octanol–water partition coefficient (Wildman–Crippen LogP) is 14.9. The Kier molecular flexibility index (Phi) is 8.92. The van der Waals surface area contributed by atoms with Crippen molar-refractivity contribution in [1.82, 2.24) is 0 Å². The van der Waals surface area contributed by atoms with Gasteiger partial charge in [0.2, 0.25) is 0 Å². The van der Waals surface area contributed by atoms with Crippen LogP contribution in [-0.2, 0) is 0 Å². The number of anilines is 2. The van der Waals surface area contributed by atoms with Crippen LogP contribution in [-0.4, -0.2) is 26.2 Å². The summed E-state index contributed by atoms with van der Waals surface area (Å²) in [6.07, 6.45) is 7.65. The Labute approximate surface area is 342 Å². The molecule has 282 valence electrons. The van der Waals surface area contributed by atoms with Gasteiger partial charge < -0.3 is 9.80 Å². The van der Waals surface area contributed by atoms with Crippen LogP contribution in [0, 0.1) is 0 Å². The van der Waals surface area contributed by atoms with Crippen molar-refractivity contribution < 1.29 is 0 Å². The molecule has 0 unspecified atom stereocenters. The van der Waals surface area contributed by atoms with E-state index >= 15 is 0 Å². The van der Waals surface area contributed by atoms with Crippen LogP contribution in [0.15, 0.2) is 170 Å². The quantitative estimate of drug-likeness (QED) is 0.156. The Morgan fingerprint density at radius 1 is 0.259 bits per heavy atom. The van der Waals surface area contributed by atoms with E-state index in [9.17, 15) is 0 Å². The SMILES string of the molecule is c1cc(-c2ccc3ccccc3c2)cc(-c2c3ccc(N4CCCCC4)cc3c(-c3cccc(-c4ccc5ccccc5c4)c3)c3ccc(N4CCCCC4)cc23)c1. The van der Waals surface area contributed by atoms with Crippen LogP contribution in [0.25, 0.3) is 87.6 Å². The molecular weight excluding hydrogens is 701 g/mol. The molecule has 9 aromatic carbocycles. The van der Waals surface area contributed by atoms with Gasteiger partial charge in [0.15, 0.2) is 0 Å². The van der Waals surface area contributed by atoms with Crippen LogP contribution < -0.4 is 9.80 Å². The zero-order valence-electron chi connectivity index (χ0n) is 33.1. The fraction of sp³-hybridized carbons (Fsp3) is 0.179. The Morgan fingerprint density at radius 3 is 1.10 bits per heavy atom. The van der Waals surface area contributed by atoms with E-state index in [2.05, 4.69) is 180 Å². The first kappa shape index (κ1) is 34.8. The van der Waals surface area contributed by atoms with E-state index < -0.39 is 0 Å². The van der Waals surface area contributed by atoms with E-state index in [4.69, 9.17) is 0 Å². The molecule has 0 atom stereocenters. The van der Waals surface area contributed by atoms with Gasteiger partial charge in [-0.2, -0.15) is 0 Å². The van der Waals surface area contributed by atoms with Crippen LogP contribution >= 0.6 is 0 Å². The zero-order valence-corrected chi connectivity index (χ0v) is 33.1. The molecule has 0 spiro atoms. The maximum Gasteiger partial charge on any atom is 0.0372 e. The Balaban J connectivity index is 1.17. The molecule has 0 bridgehead atoms. The molecule has 2 aliphatic rings. The molecule has 0 aromatic heterocycles. The van der Waals surface area contributed by atoms with Gasteiger partial charge in [-0.05, 0) is 175 Å². The molecule has 2 heteroatoms. The minimum atomic E-state index is 1.12. The van der Waals surface area contributed by atoms with Gasteiger partial charge in [-0.3, -0.25) is 0 Å². The predicted molar refractivity (Wildman–Crippen MR) is 250 cm³/mol. The second-order valence-corrected chi connectivity index (χ2v) is 16.6. The number of benzene rings is 9. The number of hydrogen-bond donors (Lipinski definition) is 0. The largest absolute Gasteiger partial charge is 0.372 e. The first-order valence-electron chi connectivity index (χ1n) is 21.5. The third-order valence-electron chi connectivity index (χ3n) is 13.0. The van der Waals surface area contributed by atoms with Gasteiger partial charge in [-0.25, -0.2) is 0 Å². The molecule has 2 fully saturated rings. The van der Waals surface area contributed by atoms with Gasteiger partial charge in [0.1, 0.15) is 0 Å². The summed E-state index contributed by atoms with van der Waals surface area (Å²) in [5, 5.41) is 10.4. The van der Waals surface area contributed by atoms with E-state index in [0.29, 0.717) is 0 Å². The first-order chi connectivity index (χ1) is 28.7. The van der Waals surface area contributed by atoms with Crippen molar-refractivity contribution in [2.45, 2.75) is 38.5 Å². The van der Waals surface area contributed by atoms with Crippen LogP contribution in [0.1, 0.15) is 38.5 Å². The molecule has 2 saturated heterocycles.